The van der Waals surface area contributed by atoms with E-state index in [1.54, 1.807) is 54.6 Å². The number of fused-ring (bicyclic) bond motifs is 1. The van der Waals surface area contributed by atoms with Crippen LogP contribution in [0.3, 0.4) is 0 Å². The molecule has 3 aromatic carbocycles. The Kier molecular flexibility index (Phi) is 9.72. The number of carbonyl (C=O) groups excluding carboxylic acids is 4. The van der Waals surface area contributed by atoms with Crippen LogP contribution in [-0.2, 0) is 14.4 Å². The van der Waals surface area contributed by atoms with Gasteiger partial charge in [-0.1, -0.05) is 6.42 Å². The molecule has 1 aliphatic rings. The molecule has 4 aromatic rings. The van der Waals surface area contributed by atoms with Gasteiger partial charge in [0.15, 0.2) is 5.78 Å². The average molecular weight is 616 g/mol. The molecule has 1 fully saturated rings. The van der Waals surface area contributed by atoms with Crippen LogP contribution >= 0.6 is 11.3 Å². The van der Waals surface area contributed by atoms with Crippen LogP contribution in [0.25, 0.3) is 20.5 Å². The quantitative estimate of drug-likeness (QED) is 0.113. The molecule has 0 amide bonds. The lowest BCUT2D eigenvalue weighted by atomic mass is 9.97. The summed E-state index contributed by atoms with van der Waals surface area (Å²) in [6, 6.07) is 16.8. The molecule has 0 N–H and O–H groups in total. The predicted octanol–water partition coefficient (Wildman–Crippen LogP) is 6.44. The van der Waals surface area contributed by atoms with Crippen molar-refractivity contribution in [2.24, 2.45) is 0 Å². The van der Waals surface area contributed by atoms with Gasteiger partial charge in [0.05, 0.1) is 5.56 Å². The lowest BCUT2D eigenvalue weighted by Gasteiger charge is -2.26. The van der Waals surface area contributed by atoms with Gasteiger partial charge >= 0.3 is 17.9 Å². The molecule has 0 unspecified atom stereocenters. The van der Waals surface area contributed by atoms with Crippen molar-refractivity contribution in [1.29, 1.82) is 0 Å². The summed E-state index contributed by atoms with van der Waals surface area (Å²) < 4.78 is 22.6. The standard InChI is InChI=1S/C34H33NO8S/c1-21(36)41-27-13-9-25(10-14-27)34-32(31-29(43-23(3)38)19-28(42-22(2)37)20-30(31)44-34)33(39)24-7-11-26(12-8-24)40-18-17-35-15-5-4-6-16-35/h7-14,19-20H,4-6,15-18H2,1-3H3. The summed E-state index contributed by atoms with van der Waals surface area (Å²) in [5.74, 6) is -0.539. The van der Waals surface area contributed by atoms with Crippen molar-refractivity contribution in [1.82, 2.24) is 4.90 Å². The lowest BCUT2D eigenvalue weighted by molar-refractivity contribution is -0.133. The summed E-state index contributed by atoms with van der Waals surface area (Å²) in [6.45, 7) is 7.46. The van der Waals surface area contributed by atoms with Crippen molar-refractivity contribution in [2.75, 3.05) is 26.2 Å². The minimum atomic E-state index is -0.589. The van der Waals surface area contributed by atoms with Crippen molar-refractivity contribution >= 4 is 45.1 Å². The third-order valence-corrected chi connectivity index (χ3v) is 8.28. The van der Waals surface area contributed by atoms with Gasteiger partial charge in [-0.15, -0.1) is 11.3 Å². The second kappa shape index (κ2) is 13.8. The Balaban J connectivity index is 1.52. The van der Waals surface area contributed by atoms with E-state index in [-0.39, 0.29) is 17.3 Å². The van der Waals surface area contributed by atoms with Gasteiger partial charge in [-0.2, -0.15) is 0 Å². The number of thiophene rings is 1. The Labute approximate surface area is 259 Å². The maximum Gasteiger partial charge on any atom is 0.308 e. The first-order chi connectivity index (χ1) is 21.2. The van der Waals surface area contributed by atoms with Crippen LogP contribution in [0.15, 0.2) is 60.7 Å². The first-order valence-electron chi connectivity index (χ1n) is 14.4. The molecule has 0 spiro atoms. The van der Waals surface area contributed by atoms with Gasteiger partial charge in [-0.3, -0.25) is 24.1 Å². The molecule has 0 radical (unpaired) electrons. The van der Waals surface area contributed by atoms with Crippen molar-refractivity contribution in [2.45, 2.75) is 40.0 Å². The molecular weight excluding hydrogens is 582 g/mol. The molecule has 1 aliphatic heterocycles. The second-order valence-electron chi connectivity index (χ2n) is 10.5. The van der Waals surface area contributed by atoms with Gasteiger partial charge in [0.25, 0.3) is 0 Å². The van der Waals surface area contributed by atoms with Crippen LogP contribution in [0, 0.1) is 0 Å². The molecule has 0 atom stereocenters. The first kappa shape index (κ1) is 30.9. The van der Waals surface area contributed by atoms with Crippen molar-refractivity contribution < 1.29 is 38.1 Å². The minimum Gasteiger partial charge on any atom is -0.492 e. The topological polar surface area (TPSA) is 108 Å². The van der Waals surface area contributed by atoms with E-state index in [4.69, 9.17) is 18.9 Å². The third kappa shape index (κ3) is 7.50. The molecule has 9 nitrogen and oxygen atoms in total. The zero-order valence-corrected chi connectivity index (χ0v) is 25.7. The maximum absolute atomic E-state index is 14.2. The zero-order chi connectivity index (χ0) is 31.2. The molecule has 2 heterocycles. The number of esters is 3. The van der Waals surface area contributed by atoms with Crippen LogP contribution in [0.2, 0.25) is 0 Å². The fourth-order valence-electron chi connectivity index (χ4n) is 5.21. The van der Waals surface area contributed by atoms with Gasteiger partial charge in [0.2, 0.25) is 0 Å². The van der Waals surface area contributed by atoms with Crippen molar-refractivity contribution in [3.63, 3.8) is 0 Å². The Morgan fingerprint density at radius 3 is 1.98 bits per heavy atom. The number of piperidine rings is 1. The monoisotopic (exact) mass is 615 g/mol. The van der Waals surface area contributed by atoms with Crippen LogP contribution in [0.1, 0.15) is 56.0 Å². The number of likely N-dealkylation sites (tertiary alicyclic amines) is 1. The van der Waals surface area contributed by atoms with Gasteiger partial charge in [-0.25, -0.2) is 0 Å². The molecular formula is C34H33NO8S. The van der Waals surface area contributed by atoms with Gasteiger partial charge in [0, 0.05) is 53.9 Å². The highest BCUT2D eigenvalue weighted by atomic mass is 32.1. The molecule has 228 valence electrons. The number of rotatable bonds is 10. The third-order valence-electron chi connectivity index (χ3n) is 7.09. The lowest BCUT2D eigenvalue weighted by Crippen LogP contribution is -2.33. The summed E-state index contributed by atoms with van der Waals surface area (Å²) in [5.41, 5.74) is 1.43. The molecule has 0 aliphatic carbocycles. The normalized spacial score (nSPS) is 13.3. The van der Waals surface area contributed by atoms with E-state index >= 15 is 0 Å². The molecule has 0 saturated carbocycles. The summed E-state index contributed by atoms with van der Waals surface area (Å²) in [4.78, 5) is 52.5. The minimum absolute atomic E-state index is 0.103. The Hall–Kier alpha value is -4.54. The zero-order valence-electron chi connectivity index (χ0n) is 24.8. The molecule has 10 heteroatoms. The van der Waals surface area contributed by atoms with E-state index < -0.39 is 17.9 Å². The van der Waals surface area contributed by atoms with Crippen LogP contribution in [-0.4, -0.2) is 54.8 Å². The second-order valence-corrected chi connectivity index (χ2v) is 11.6. The first-order valence-corrected chi connectivity index (χ1v) is 15.3. The summed E-state index contributed by atoms with van der Waals surface area (Å²) >= 11 is 1.29. The summed E-state index contributed by atoms with van der Waals surface area (Å²) in [6.07, 6.45) is 3.72. The summed E-state index contributed by atoms with van der Waals surface area (Å²) in [7, 11) is 0. The van der Waals surface area contributed by atoms with E-state index in [0.717, 1.165) is 19.6 Å². The number of ether oxygens (including phenoxy) is 4. The number of ketones is 1. The Morgan fingerprint density at radius 1 is 0.727 bits per heavy atom. The largest absolute Gasteiger partial charge is 0.492 e. The van der Waals surface area contributed by atoms with E-state index in [1.807, 2.05) is 0 Å². The Bertz CT molecular complexity index is 1690. The summed E-state index contributed by atoms with van der Waals surface area (Å²) in [5, 5.41) is 0.423. The molecule has 1 aromatic heterocycles. The fourth-order valence-corrected chi connectivity index (χ4v) is 6.46. The SMILES string of the molecule is CC(=O)Oc1ccc(-c2sc3cc(OC(C)=O)cc(OC(C)=O)c3c2C(=O)c2ccc(OCCN3CCCCC3)cc2)cc1. The predicted molar refractivity (Wildman–Crippen MR) is 167 cm³/mol. The molecule has 1 saturated heterocycles. The van der Waals surface area contributed by atoms with Gasteiger partial charge in [0.1, 0.15) is 29.6 Å². The molecule has 5 rings (SSSR count). The van der Waals surface area contributed by atoms with Gasteiger partial charge < -0.3 is 18.9 Å². The number of hydrogen-bond acceptors (Lipinski definition) is 10. The smallest absolute Gasteiger partial charge is 0.308 e. The Morgan fingerprint density at radius 2 is 1.34 bits per heavy atom. The van der Waals surface area contributed by atoms with E-state index in [1.165, 1.54) is 57.4 Å². The highest BCUT2D eigenvalue weighted by molar-refractivity contribution is 7.23. The average Bonchev–Trinajstić information content (AvgIpc) is 3.37. The highest BCUT2D eigenvalue weighted by Crippen LogP contribution is 2.46. The van der Waals surface area contributed by atoms with E-state index in [2.05, 4.69) is 4.90 Å². The fraction of sp³-hybridized carbons (Fsp3) is 0.294. The van der Waals surface area contributed by atoms with Gasteiger partial charge in [-0.05, 0) is 86.1 Å². The number of carbonyl (C=O) groups is 4. The number of nitrogens with zero attached hydrogens (tertiary/aromatic N) is 1. The number of benzene rings is 3. The number of hydrogen-bond donors (Lipinski definition) is 0. The van der Waals surface area contributed by atoms with Crippen LogP contribution in [0.5, 0.6) is 23.0 Å². The molecule has 44 heavy (non-hydrogen) atoms. The van der Waals surface area contributed by atoms with Crippen molar-refractivity contribution in [3.05, 3.63) is 71.8 Å². The van der Waals surface area contributed by atoms with Crippen molar-refractivity contribution in [3.8, 4) is 33.4 Å². The maximum atomic E-state index is 14.2. The van der Waals surface area contributed by atoms with E-state index in [9.17, 15) is 19.2 Å². The van der Waals surface area contributed by atoms with E-state index in [0.29, 0.717) is 49.8 Å². The van der Waals surface area contributed by atoms with Crippen LogP contribution < -0.4 is 18.9 Å². The molecule has 0 bridgehead atoms. The highest BCUT2D eigenvalue weighted by Gasteiger charge is 2.26. The van der Waals surface area contributed by atoms with Crippen LogP contribution in [0.4, 0.5) is 0 Å².